The molecular formula is C15H21NO. The quantitative estimate of drug-likeness (QED) is 0.716. The summed E-state index contributed by atoms with van der Waals surface area (Å²) in [5, 5.41) is 2.06. The Hall–Kier alpha value is -1.12. The molecule has 0 fully saturated rings. The molecule has 17 heavy (non-hydrogen) atoms. The maximum absolute atomic E-state index is 6.12. The molecule has 0 aromatic heterocycles. The summed E-state index contributed by atoms with van der Waals surface area (Å²) in [4.78, 5) is 6.12. The van der Waals surface area contributed by atoms with E-state index in [1.54, 1.807) is 0 Å². The number of hydroxylamine groups is 2. The number of hydrogen-bond acceptors (Lipinski definition) is 2. The molecule has 1 aromatic rings. The van der Waals surface area contributed by atoms with Gasteiger partial charge >= 0.3 is 0 Å². The van der Waals surface area contributed by atoms with Gasteiger partial charge in [0.1, 0.15) is 6.10 Å². The van der Waals surface area contributed by atoms with Crippen LogP contribution in [0.25, 0.3) is 0 Å². The Morgan fingerprint density at radius 3 is 2.71 bits per heavy atom. The van der Waals surface area contributed by atoms with Crippen LogP contribution < -0.4 is 0 Å². The first kappa shape index (κ1) is 12.3. The van der Waals surface area contributed by atoms with Gasteiger partial charge in [0, 0.05) is 6.54 Å². The van der Waals surface area contributed by atoms with Crippen LogP contribution in [0, 0.1) is 0 Å². The summed E-state index contributed by atoms with van der Waals surface area (Å²) in [6.45, 7) is 5.26. The lowest BCUT2D eigenvalue weighted by molar-refractivity contribution is -0.203. The summed E-state index contributed by atoms with van der Waals surface area (Å²) in [6, 6.07) is 10.9. The minimum atomic E-state index is 0.184. The average molecular weight is 231 g/mol. The van der Waals surface area contributed by atoms with Gasteiger partial charge in [-0.25, -0.2) is 0 Å². The van der Waals surface area contributed by atoms with Crippen molar-refractivity contribution in [2.45, 2.75) is 38.8 Å². The summed E-state index contributed by atoms with van der Waals surface area (Å²) in [5.41, 5.74) is 1.27. The Morgan fingerprint density at radius 2 is 2.12 bits per heavy atom. The molecule has 2 rings (SSSR count). The van der Waals surface area contributed by atoms with Gasteiger partial charge in [-0.2, -0.15) is 5.06 Å². The van der Waals surface area contributed by atoms with Crippen LogP contribution in [-0.2, 0) is 4.84 Å². The second-order valence-electron chi connectivity index (χ2n) is 4.56. The van der Waals surface area contributed by atoms with E-state index in [1.807, 2.05) is 6.07 Å². The maximum atomic E-state index is 6.12. The first-order valence-electron chi connectivity index (χ1n) is 6.46. The minimum absolute atomic E-state index is 0.184. The highest BCUT2D eigenvalue weighted by Crippen LogP contribution is 2.26. The summed E-state index contributed by atoms with van der Waals surface area (Å²) < 4.78 is 0. The molecule has 0 radical (unpaired) electrons. The standard InChI is InChI=1S/C15H21NO/c1-3-8-15(14-10-5-4-6-11-14)17-16-12-7-9-13(16)2/h4-7,9-11,13,15H,3,8,12H2,1-2H3/t13-,15-/m1/s1. The summed E-state index contributed by atoms with van der Waals surface area (Å²) in [6.07, 6.45) is 6.73. The zero-order valence-electron chi connectivity index (χ0n) is 10.7. The monoisotopic (exact) mass is 231 g/mol. The Bertz CT molecular complexity index is 360. The van der Waals surface area contributed by atoms with Gasteiger partial charge in [0.05, 0.1) is 6.04 Å². The lowest BCUT2D eigenvalue weighted by Crippen LogP contribution is -2.29. The number of nitrogens with zero attached hydrogens (tertiary/aromatic N) is 1. The van der Waals surface area contributed by atoms with E-state index in [1.165, 1.54) is 5.56 Å². The molecule has 0 unspecified atom stereocenters. The predicted octanol–water partition coefficient (Wildman–Crippen LogP) is 3.72. The molecule has 1 heterocycles. The molecule has 92 valence electrons. The van der Waals surface area contributed by atoms with Crippen molar-refractivity contribution in [3.05, 3.63) is 48.0 Å². The molecule has 0 bridgehead atoms. The highest BCUT2D eigenvalue weighted by molar-refractivity contribution is 5.17. The Balaban J connectivity index is 2.03. The lowest BCUT2D eigenvalue weighted by atomic mass is 10.1. The topological polar surface area (TPSA) is 12.5 Å². The molecule has 2 atom stereocenters. The lowest BCUT2D eigenvalue weighted by Gasteiger charge is -2.27. The van der Waals surface area contributed by atoms with E-state index in [4.69, 9.17) is 4.84 Å². The van der Waals surface area contributed by atoms with Crippen molar-refractivity contribution in [1.82, 2.24) is 5.06 Å². The Morgan fingerprint density at radius 1 is 1.35 bits per heavy atom. The van der Waals surface area contributed by atoms with Gasteiger partial charge in [0.15, 0.2) is 0 Å². The molecule has 0 spiro atoms. The molecular weight excluding hydrogens is 210 g/mol. The molecule has 1 aliphatic rings. The summed E-state index contributed by atoms with van der Waals surface area (Å²) in [7, 11) is 0. The van der Waals surface area contributed by atoms with Crippen molar-refractivity contribution >= 4 is 0 Å². The van der Waals surface area contributed by atoms with Crippen LogP contribution in [0.1, 0.15) is 38.4 Å². The van der Waals surface area contributed by atoms with Crippen LogP contribution in [0.4, 0.5) is 0 Å². The molecule has 0 saturated carbocycles. The third kappa shape index (κ3) is 3.18. The van der Waals surface area contributed by atoms with Crippen molar-refractivity contribution in [2.75, 3.05) is 6.54 Å². The second kappa shape index (κ2) is 5.99. The van der Waals surface area contributed by atoms with E-state index >= 15 is 0 Å². The molecule has 0 amide bonds. The molecule has 1 aromatic carbocycles. The van der Waals surface area contributed by atoms with Crippen LogP contribution in [0.3, 0.4) is 0 Å². The van der Waals surface area contributed by atoms with Crippen LogP contribution in [-0.4, -0.2) is 17.6 Å². The van der Waals surface area contributed by atoms with E-state index < -0.39 is 0 Å². The van der Waals surface area contributed by atoms with E-state index in [0.29, 0.717) is 6.04 Å². The normalized spacial score (nSPS) is 21.9. The Labute approximate surface area is 104 Å². The summed E-state index contributed by atoms with van der Waals surface area (Å²) in [5.74, 6) is 0. The first-order chi connectivity index (χ1) is 8.31. The highest BCUT2D eigenvalue weighted by atomic mass is 16.7. The molecule has 2 heteroatoms. The fraction of sp³-hybridized carbons (Fsp3) is 0.467. The van der Waals surface area contributed by atoms with Gasteiger partial charge in [-0.1, -0.05) is 55.8 Å². The van der Waals surface area contributed by atoms with Gasteiger partial charge in [-0.3, -0.25) is 4.84 Å². The van der Waals surface area contributed by atoms with E-state index in [2.05, 4.69) is 55.3 Å². The zero-order valence-corrected chi connectivity index (χ0v) is 10.7. The van der Waals surface area contributed by atoms with Gasteiger partial charge in [0.2, 0.25) is 0 Å². The fourth-order valence-corrected chi connectivity index (χ4v) is 2.14. The Kier molecular flexibility index (Phi) is 4.35. The smallest absolute Gasteiger partial charge is 0.104 e. The predicted molar refractivity (Wildman–Crippen MR) is 70.5 cm³/mol. The van der Waals surface area contributed by atoms with Crippen LogP contribution in [0.15, 0.2) is 42.5 Å². The average Bonchev–Trinajstić information content (AvgIpc) is 2.76. The van der Waals surface area contributed by atoms with Crippen molar-refractivity contribution in [2.24, 2.45) is 0 Å². The SMILES string of the molecule is CCC[C@@H](ON1CC=C[C@H]1C)c1ccccc1. The van der Waals surface area contributed by atoms with E-state index in [9.17, 15) is 0 Å². The van der Waals surface area contributed by atoms with Crippen molar-refractivity contribution in [1.29, 1.82) is 0 Å². The maximum Gasteiger partial charge on any atom is 0.104 e. The molecule has 2 nitrogen and oxygen atoms in total. The zero-order chi connectivity index (χ0) is 12.1. The third-order valence-corrected chi connectivity index (χ3v) is 3.14. The van der Waals surface area contributed by atoms with Gasteiger partial charge < -0.3 is 0 Å². The highest BCUT2D eigenvalue weighted by Gasteiger charge is 2.21. The van der Waals surface area contributed by atoms with E-state index in [-0.39, 0.29) is 6.10 Å². The molecule has 1 aliphatic heterocycles. The first-order valence-corrected chi connectivity index (χ1v) is 6.46. The van der Waals surface area contributed by atoms with Crippen LogP contribution in [0.5, 0.6) is 0 Å². The van der Waals surface area contributed by atoms with Crippen LogP contribution in [0.2, 0.25) is 0 Å². The second-order valence-corrected chi connectivity index (χ2v) is 4.56. The van der Waals surface area contributed by atoms with Gasteiger partial charge in [-0.05, 0) is 18.9 Å². The van der Waals surface area contributed by atoms with Gasteiger partial charge in [-0.15, -0.1) is 0 Å². The number of rotatable bonds is 5. The van der Waals surface area contributed by atoms with Gasteiger partial charge in [0.25, 0.3) is 0 Å². The van der Waals surface area contributed by atoms with Crippen molar-refractivity contribution < 1.29 is 4.84 Å². The minimum Gasteiger partial charge on any atom is -0.290 e. The van der Waals surface area contributed by atoms with Crippen molar-refractivity contribution in [3.8, 4) is 0 Å². The summed E-state index contributed by atoms with van der Waals surface area (Å²) >= 11 is 0. The van der Waals surface area contributed by atoms with Crippen LogP contribution >= 0.6 is 0 Å². The largest absolute Gasteiger partial charge is 0.290 e. The fourth-order valence-electron chi connectivity index (χ4n) is 2.14. The number of hydrogen-bond donors (Lipinski definition) is 0. The molecule has 0 N–H and O–H groups in total. The third-order valence-electron chi connectivity index (χ3n) is 3.14. The molecule has 0 saturated heterocycles. The molecule has 0 aliphatic carbocycles. The van der Waals surface area contributed by atoms with E-state index in [0.717, 1.165) is 19.4 Å². The van der Waals surface area contributed by atoms with Crippen molar-refractivity contribution in [3.63, 3.8) is 0 Å². The number of benzene rings is 1.